The number of nitrogens with two attached hydrogens (primary N) is 1. The zero-order chi connectivity index (χ0) is 12.4. The first-order chi connectivity index (χ1) is 8.08. The molecule has 94 valence electrons. The van der Waals surface area contributed by atoms with E-state index in [9.17, 15) is 0 Å². The maximum atomic E-state index is 6.19. The van der Waals surface area contributed by atoms with Crippen LogP contribution in [-0.4, -0.2) is 23.5 Å². The molecule has 0 spiro atoms. The van der Waals surface area contributed by atoms with E-state index in [1.54, 1.807) is 0 Å². The second-order valence-corrected chi connectivity index (χ2v) is 5.62. The van der Waals surface area contributed by atoms with Gasteiger partial charge >= 0.3 is 0 Å². The molecule has 1 aromatic rings. The lowest BCUT2D eigenvalue weighted by Gasteiger charge is -2.36. The van der Waals surface area contributed by atoms with E-state index in [2.05, 4.69) is 11.8 Å². The fourth-order valence-electron chi connectivity index (χ4n) is 2.38. The molecular weight excluding hydrogens is 255 g/mol. The first-order valence-electron chi connectivity index (χ1n) is 6.00. The molecule has 2 nitrogen and oxygen atoms in total. The van der Waals surface area contributed by atoms with Crippen molar-refractivity contribution < 1.29 is 0 Å². The Kier molecular flexibility index (Phi) is 4.31. The minimum Gasteiger partial charge on any atom is -0.328 e. The van der Waals surface area contributed by atoms with Crippen molar-refractivity contribution in [2.75, 3.05) is 6.54 Å². The van der Waals surface area contributed by atoms with Crippen LogP contribution in [0.5, 0.6) is 0 Å². The Morgan fingerprint density at radius 2 is 2.00 bits per heavy atom. The molecule has 1 saturated heterocycles. The molecule has 0 bridgehead atoms. The van der Waals surface area contributed by atoms with E-state index in [4.69, 9.17) is 28.9 Å². The summed E-state index contributed by atoms with van der Waals surface area (Å²) < 4.78 is 0. The number of benzene rings is 1. The highest BCUT2D eigenvalue weighted by molar-refractivity contribution is 6.35. The Labute approximate surface area is 113 Å². The van der Waals surface area contributed by atoms with Gasteiger partial charge in [0.05, 0.1) is 0 Å². The molecule has 1 fully saturated rings. The van der Waals surface area contributed by atoms with E-state index in [0.717, 1.165) is 41.5 Å². The lowest BCUT2D eigenvalue weighted by Crippen LogP contribution is -2.45. The van der Waals surface area contributed by atoms with Gasteiger partial charge < -0.3 is 5.73 Å². The number of nitrogens with zero attached hydrogens (tertiary/aromatic N) is 1. The lowest BCUT2D eigenvalue weighted by molar-refractivity contribution is 0.140. The van der Waals surface area contributed by atoms with Gasteiger partial charge in [-0.1, -0.05) is 29.3 Å². The van der Waals surface area contributed by atoms with Gasteiger partial charge in [0.25, 0.3) is 0 Å². The van der Waals surface area contributed by atoms with Gasteiger partial charge in [-0.2, -0.15) is 0 Å². The van der Waals surface area contributed by atoms with Crippen molar-refractivity contribution >= 4 is 23.2 Å². The zero-order valence-electron chi connectivity index (χ0n) is 10.00. The van der Waals surface area contributed by atoms with Crippen molar-refractivity contribution in [1.82, 2.24) is 4.90 Å². The predicted octanol–water partition coefficient (Wildman–Crippen LogP) is 3.31. The molecule has 2 atom stereocenters. The van der Waals surface area contributed by atoms with Crippen molar-refractivity contribution in [2.45, 2.75) is 38.4 Å². The average molecular weight is 273 g/mol. The summed E-state index contributed by atoms with van der Waals surface area (Å²) >= 11 is 12.4. The van der Waals surface area contributed by atoms with Crippen LogP contribution < -0.4 is 5.73 Å². The highest BCUT2D eigenvalue weighted by Gasteiger charge is 2.24. The molecule has 0 amide bonds. The van der Waals surface area contributed by atoms with Crippen LogP contribution >= 0.6 is 23.2 Å². The van der Waals surface area contributed by atoms with Gasteiger partial charge in [0, 0.05) is 40.8 Å². The van der Waals surface area contributed by atoms with Crippen molar-refractivity contribution in [1.29, 1.82) is 0 Å². The fraction of sp³-hybridized carbons (Fsp3) is 0.538. The molecule has 1 aliphatic rings. The largest absolute Gasteiger partial charge is 0.328 e. The summed E-state index contributed by atoms with van der Waals surface area (Å²) in [7, 11) is 0. The van der Waals surface area contributed by atoms with Gasteiger partial charge in [-0.15, -0.1) is 0 Å². The standard InChI is InChI=1S/C13H18Cl2N2/c1-9-7-10(16)5-6-17(9)8-11-12(14)3-2-4-13(11)15/h2-4,9-10H,5-8,16H2,1H3. The molecule has 2 unspecified atom stereocenters. The van der Waals surface area contributed by atoms with Gasteiger partial charge in [0.15, 0.2) is 0 Å². The Bertz CT molecular complexity index is 375. The van der Waals surface area contributed by atoms with E-state index in [1.165, 1.54) is 0 Å². The Balaban J connectivity index is 2.10. The molecule has 0 aliphatic carbocycles. The molecule has 2 N–H and O–H groups in total. The van der Waals surface area contributed by atoms with E-state index in [-0.39, 0.29) is 0 Å². The number of piperidine rings is 1. The number of halogens is 2. The van der Waals surface area contributed by atoms with Crippen molar-refractivity contribution in [3.05, 3.63) is 33.8 Å². The van der Waals surface area contributed by atoms with E-state index < -0.39 is 0 Å². The van der Waals surface area contributed by atoms with Crippen LogP contribution in [0.4, 0.5) is 0 Å². The van der Waals surface area contributed by atoms with Gasteiger partial charge in [0.2, 0.25) is 0 Å². The first kappa shape index (κ1) is 13.2. The molecule has 0 aromatic heterocycles. The topological polar surface area (TPSA) is 29.3 Å². The smallest absolute Gasteiger partial charge is 0.0465 e. The van der Waals surface area contributed by atoms with Crippen molar-refractivity contribution in [3.8, 4) is 0 Å². The van der Waals surface area contributed by atoms with Crippen LogP contribution in [0.25, 0.3) is 0 Å². The number of hydrogen-bond acceptors (Lipinski definition) is 2. The molecule has 4 heteroatoms. The minimum absolute atomic E-state index is 0.336. The van der Waals surface area contributed by atoms with Crippen LogP contribution in [0.1, 0.15) is 25.3 Å². The van der Waals surface area contributed by atoms with Gasteiger partial charge in [0.1, 0.15) is 0 Å². The highest BCUT2D eigenvalue weighted by Crippen LogP contribution is 2.28. The second-order valence-electron chi connectivity index (χ2n) is 4.80. The second kappa shape index (κ2) is 5.57. The SMILES string of the molecule is CC1CC(N)CCN1Cc1c(Cl)cccc1Cl. The van der Waals surface area contributed by atoms with Gasteiger partial charge in [-0.05, 0) is 31.9 Å². The third-order valence-corrected chi connectivity index (χ3v) is 4.19. The molecule has 2 rings (SSSR count). The maximum absolute atomic E-state index is 6.19. The van der Waals surface area contributed by atoms with Crippen LogP contribution in [0, 0.1) is 0 Å². The summed E-state index contributed by atoms with van der Waals surface area (Å²) in [5.41, 5.74) is 6.99. The third-order valence-electron chi connectivity index (χ3n) is 3.48. The molecule has 17 heavy (non-hydrogen) atoms. The van der Waals surface area contributed by atoms with Crippen LogP contribution in [0.2, 0.25) is 10.0 Å². The quantitative estimate of drug-likeness (QED) is 0.895. The average Bonchev–Trinajstić information content (AvgIpc) is 2.26. The van der Waals surface area contributed by atoms with Crippen molar-refractivity contribution in [2.24, 2.45) is 5.73 Å². The molecular formula is C13H18Cl2N2. The van der Waals surface area contributed by atoms with Crippen molar-refractivity contribution in [3.63, 3.8) is 0 Å². The maximum Gasteiger partial charge on any atom is 0.0465 e. The summed E-state index contributed by atoms with van der Waals surface area (Å²) in [4.78, 5) is 2.40. The van der Waals surface area contributed by atoms with Crippen LogP contribution in [-0.2, 0) is 6.54 Å². The molecule has 1 aliphatic heterocycles. The predicted molar refractivity (Wildman–Crippen MR) is 73.5 cm³/mol. The minimum atomic E-state index is 0.336. The first-order valence-corrected chi connectivity index (χ1v) is 6.76. The van der Waals surface area contributed by atoms with E-state index >= 15 is 0 Å². The fourth-order valence-corrected chi connectivity index (χ4v) is 2.90. The molecule has 1 aromatic carbocycles. The molecule has 0 radical (unpaired) electrons. The number of likely N-dealkylation sites (tertiary alicyclic amines) is 1. The lowest BCUT2D eigenvalue weighted by atomic mass is 9.98. The monoisotopic (exact) mass is 272 g/mol. The normalized spacial score (nSPS) is 26.1. The Morgan fingerprint density at radius 3 is 2.59 bits per heavy atom. The van der Waals surface area contributed by atoms with Crippen LogP contribution in [0.3, 0.4) is 0 Å². The van der Waals surface area contributed by atoms with Gasteiger partial charge in [-0.25, -0.2) is 0 Å². The van der Waals surface area contributed by atoms with E-state index in [1.807, 2.05) is 18.2 Å². The summed E-state index contributed by atoms with van der Waals surface area (Å²) in [6.07, 6.45) is 2.09. The Hall–Kier alpha value is -0.280. The third kappa shape index (κ3) is 3.14. The van der Waals surface area contributed by atoms with E-state index in [0.29, 0.717) is 12.1 Å². The zero-order valence-corrected chi connectivity index (χ0v) is 11.5. The van der Waals surface area contributed by atoms with Crippen LogP contribution in [0.15, 0.2) is 18.2 Å². The summed E-state index contributed by atoms with van der Waals surface area (Å²) in [5, 5.41) is 1.50. The highest BCUT2D eigenvalue weighted by atomic mass is 35.5. The number of hydrogen-bond donors (Lipinski definition) is 1. The Morgan fingerprint density at radius 1 is 1.35 bits per heavy atom. The number of rotatable bonds is 2. The summed E-state index contributed by atoms with van der Waals surface area (Å²) in [6.45, 7) is 4.04. The molecule has 0 saturated carbocycles. The summed E-state index contributed by atoms with van der Waals surface area (Å²) in [5.74, 6) is 0. The molecule has 1 heterocycles. The summed E-state index contributed by atoms with van der Waals surface area (Å²) in [6, 6.07) is 6.49. The van der Waals surface area contributed by atoms with Gasteiger partial charge in [-0.3, -0.25) is 4.90 Å².